The molecule has 0 aliphatic heterocycles. The number of amides is 1. The summed E-state index contributed by atoms with van der Waals surface area (Å²) in [4.78, 5) is 15.0. The molecule has 0 bridgehead atoms. The van der Waals surface area contributed by atoms with Crippen LogP contribution in [0.1, 0.15) is 18.7 Å². The van der Waals surface area contributed by atoms with Gasteiger partial charge in [0.25, 0.3) is 0 Å². The zero-order chi connectivity index (χ0) is 12.3. The highest BCUT2D eigenvalue weighted by molar-refractivity contribution is 9.10. The fraction of sp³-hybridized carbons (Fsp3) is 0.545. The predicted octanol–water partition coefficient (Wildman–Crippen LogP) is 2.47. The van der Waals surface area contributed by atoms with Gasteiger partial charge in [0, 0.05) is 21.8 Å². The van der Waals surface area contributed by atoms with Crippen molar-refractivity contribution in [1.82, 2.24) is 10.2 Å². The van der Waals surface area contributed by atoms with Gasteiger partial charge in [-0.3, -0.25) is 4.79 Å². The van der Waals surface area contributed by atoms with Crippen LogP contribution in [-0.2, 0) is 11.3 Å². The van der Waals surface area contributed by atoms with Gasteiger partial charge in [-0.15, -0.1) is 11.3 Å². The number of likely N-dealkylation sites (N-methyl/N-ethyl adjacent to an activating group) is 2. The lowest BCUT2D eigenvalue weighted by atomic mass is 10.0. The molecule has 0 saturated carbocycles. The molecule has 1 aromatic rings. The van der Waals surface area contributed by atoms with Gasteiger partial charge in [0.15, 0.2) is 0 Å². The van der Waals surface area contributed by atoms with Crippen molar-refractivity contribution in [2.24, 2.45) is 0 Å². The molecule has 0 aliphatic rings. The fourth-order valence-electron chi connectivity index (χ4n) is 1.33. The van der Waals surface area contributed by atoms with E-state index in [1.54, 1.807) is 23.3 Å². The van der Waals surface area contributed by atoms with E-state index in [-0.39, 0.29) is 5.91 Å². The molecule has 0 saturated heterocycles. The van der Waals surface area contributed by atoms with Crippen LogP contribution < -0.4 is 5.32 Å². The number of nitrogens with zero attached hydrogens (tertiary/aromatic N) is 1. The van der Waals surface area contributed by atoms with Crippen LogP contribution in [0.5, 0.6) is 0 Å². The highest BCUT2D eigenvalue weighted by Gasteiger charge is 2.28. The van der Waals surface area contributed by atoms with Crippen LogP contribution in [0.4, 0.5) is 0 Å². The summed E-state index contributed by atoms with van der Waals surface area (Å²) in [5.41, 5.74) is -0.511. The van der Waals surface area contributed by atoms with Crippen molar-refractivity contribution in [1.29, 1.82) is 0 Å². The summed E-state index contributed by atoms with van der Waals surface area (Å²) in [5.74, 6) is 0.0968. The first-order valence-electron chi connectivity index (χ1n) is 5.04. The van der Waals surface area contributed by atoms with Gasteiger partial charge < -0.3 is 10.2 Å². The van der Waals surface area contributed by atoms with Gasteiger partial charge >= 0.3 is 0 Å². The predicted molar refractivity (Wildman–Crippen MR) is 71.6 cm³/mol. The molecule has 1 aromatic heterocycles. The Morgan fingerprint density at radius 1 is 1.62 bits per heavy atom. The van der Waals surface area contributed by atoms with Crippen LogP contribution in [0.3, 0.4) is 0 Å². The summed E-state index contributed by atoms with van der Waals surface area (Å²) < 4.78 is 1.07. The van der Waals surface area contributed by atoms with Crippen molar-refractivity contribution in [3.63, 3.8) is 0 Å². The summed E-state index contributed by atoms with van der Waals surface area (Å²) in [6.07, 6.45) is 0. The number of nitrogens with one attached hydrogen (secondary N) is 1. The van der Waals surface area contributed by atoms with Crippen molar-refractivity contribution in [2.45, 2.75) is 25.9 Å². The average Bonchev–Trinajstić information content (AvgIpc) is 2.62. The molecular weight excluding hydrogens is 288 g/mol. The monoisotopic (exact) mass is 304 g/mol. The molecule has 0 unspecified atom stereocenters. The Labute approximate surface area is 109 Å². The Balaban J connectivity index is 2.65. The van der Waals surface area contributed by atoms with Crippen LogP contribution in [0, 0.1) is 0 Å². The number of carbonyl (C=O) groups excluding carboxylic acids is 1. The van der Waals surface area contributed by atoms with E-state index < -0.39 is 5.54 Å². The van der Waals surface area contributed by atoms with E-state index in [4.69, 9.17) is 0 Å². The molecule has 0 spiro atoms. The normalized spacial score (nSPS) is 11.6. The second-order valence-corrected chi connectivity index (χ2v) is 6.18. The number of halogens is 1. The Hall–Kier alpha value is -0.390. The minimum Gasteiger partial charge on any atom is -0.339 e. The van der Waals surface area contributed by atoms with Crippen molar-refractivity contribution in [3.05, 3.63) is 20.8 Å². The quantitative estimate of drug-likeness (QED) is 0.927. The first-order valence-corrected chi connectivity index (χ1v) is 6.71. The Bertz CT molecular complexity index is 376. The minimum atomic E-state index is -0.511. The van der Waals surface area contributed by atoms with Gasteiger partial charge in [-0.05, 0) is 42.9 Å². The minimum absolute atomic E-state index is 0.0968. The van der Waals surface area contributed by atoms with Crippen LogP contribution in [0.15, 0.2) is 15.9 Å². The van der Waals surface area contributed by atoms with E-state index in [0.29, 0.717) is 6.54 Å². The van der Waals surface area contributed by atoms with Crippen LogP contribution in [0.25, 0.3) is 0 Å². The zero-order valence-corrected chi connectivity index (χ0v) is 12.4. The van der Waals surface area contributed by atoms with Crippen molar-refractivity contribution < 1.29 is 4.79 Å². The SMILES string of the molecule is CNC(C)(C)C(=O)N(C)Cc1cc(Br)cs1. The molecule has 5 heteroatoms. The van der Waals surface area contributed by atoms with E-state index in [9.17, 15) is 4.79 Å². The summed E-state index contributed by atoms with van der Waals surface area (Å²) in [5, 5.41) is 5.04. The average molecular weight is 305 g/mol. The molecule has 0 atom stereocenters. The summed E-state index contributed by atoms with van der Waals surface area (Å²) >= 11 is 5.06. The topological polar surface area (TPSA) is 32.3 Å². The molecule has 0 fully saturated rings. The number of rotatable bonds is 4. The van der Waals surface area contributed by atoms with E-state index in [1.165, 1.54) is 4.88 Å². The van der Waals surface area contributed by atoms with Crippen molar-refractivity contribution >= 4 is 33.2 Å². The highest BCUT2D eigenvalue weighted by Crippen LogP contribution is 2.21. The maximum Gasteiger partial charge on any atom is 0.242 e. The lowest BCUT2D eigenvalue weighted by molar-refractivity contribution is -0.136. The molecule has 1 amide bonds. The molecule has 1 N–H and O–H groups in total. The second-order valence-electron chi connectivity index (χ2n) is 4.27. The Morgan fingerprint density at radius 3 is 2.69 bits per heavy atom. The molecule has 0 radical (unpaired) electrons. The van der Waals surface area contributed by atoms with E-state index in [0.717, 1.165) is 4.47 Å². The van der Waals surface area contributed by atoms with E-state index in [2.05, 4.69) is 21.2 Å². The largest absolute Gasteiger partial charge is 0.339 e. The van der Waals surface area contributed by atoms with Crippen LogP contribution in [-0.4, -0.2) is 30.4 Å². The third-order valence-electron chi connectivity index (χ3n) is 2.52. The Morgan fingerprint density at radius 2 is 2.25 bits per heavy atom. The zero-order valence-electron chi connectivity index (χ0n) is 10.0. The second kappa shape index (κ2) is 5.29. The number of hydrogen-bond donors (Lipinski definition) is 1. The van der Waals surface area contributed by atoms with Crippen molar-refractivity contribution in [2.75, 3.05) is 14.1 Å². The lowest BCUT2D eigenvalue weighted by Crippen LogP contribution is -2.51. The van der Waals surface area contributed by atoms with Gasteiger partial charge in [-0.25, -0.2) is 0 Å². The number of thiophene rings is 1. The van der Waals surface area contributed by atoms with Gasteiger partial charge in [-0.1, -0.05) is 0 Å². The molecule has 90 valence electrons. The highest BCUT2D eigenvalue weighted by atomic mass is 79.9. The van der Waals surface area contributed by atoms with Gasteiger partial charge in [0.2, 0.25) is 5.91 Å². The summed E-state index contributed by atoms with van der Waals surface area (Å²) in [6, 6.07) is 2.04. The fourth-order valence-corrected chi connectivity index (χ4v) is 2.83. The molecule has 3 nitrogen and oxygen atoms in total. The van der Waals surface area contributed by atoms with Crippen LogP contribution in [0.2, 0.25) is 0 Å². The smallest absolute Gasteiger partial charge is 0.242 e. The molecule has 1 heterocycles. The molecule has 0 aliphatic carbocycles. The lowest BCUT2D eigenvalue weighted by Gasteiger charge is -2.28. The molecular formula is C11H17BrN2OS. The number of carbonyl (C=O) groups is 1. The maximum atomic E-state index is 12.1. The Kier molecular flexibility index (Phi) is 4.52. The van der Waals surface area contributed by atoms with Crippen molar-refractivity contribution in [3.8, 4) is 0 Å². The molecule has 1 rings (SSSR count). The van der Waals surface area contributed by atoms with E-state index >= 15 is 0 Å². The maximum absolute atomic E-state index is 12.1. The third kappa shape index (κ3) is 3.30. The third-order valence-corrected chi connectivity index (χ3v) is 4.20. The summed E-state index contributed by atoms with van der Waals surface area (Å²) in [7, 11) is 3.63. The van der Waals surface area contributed by atoms with Crippen LogP contribution >= 0.6 is 27.3 Å². The van der Waals surface area contributed by atoms with Gasteiger partial charge in [0.1, 0.15) is 0 Å². The summed E-state index contributed by atoms with van der Waals surface area (Å²) in [6.45, 7) is 4.42. The first-order chi connectivity index (χ1) is 7.36. The standard InChI is InChI=1S/C11H17BrN2OS/c1-11(2,13-3)10(15)14(4)6-9-5-8(12)7-16-9/h5,7,13H,6H2,1-4H3. The van der Waals surface area contributed by atoms with E-state index in [1.807, 2.05) is 32.3 Å². The first kappa shape index (κ1) is 13.7. The number of hydrogen-bond acceptors (Lipinski definition) is 3. The van der Waals surface area contributed by atoms with Gasteiger partial charge in [0.05, 0.1) is 12.1 Å². The molecule has 0 aromatic carbocycles. The molecule has 16 heavy (non-hydrogen) atoms. The van der Waals surface area contributed by atoms with Gasteiger partial charge in [-0.2, -0.15) is 0 Å².